The number of thioether (sulfide) groups is 1. The van der Waals surface area contributed by atoms with Crippen molar-refractivity contribution in [2.45, 2.75) is 38.8 Å². The minimum Gasteiger partial charge on any atom is -0.387 e. The molecule has 0 fully saturated rings. The molecule has 0 saturated carbocycles. The number of carbonyl (C=O) groups is 2. The van der Waals surface area contributed by atoms with Crippen molar-refractivity contribution in [3.05, 3.63) is 0 Å². The molecule has 0 rings (SSSR count). The second-order valence-corrected chi connectivity index (χ2v) is 6.20. The van der Waals surface area contributed by atoms with Crippen LogP contribution in [0, 0.1) is 5.92 Å². The third-order valence-electron chi connectivity index (χ3n) is 2.44. The molecule has 0 aliphatic heterocycles. The van der Waals surface area contributed by atoms with Crippen LogP contribution in [0.1, 0.15) is 27.2 Å². The van der Waals surface area contributed by atoms with Crippen molar-refractivity contribution in [1.82, 2.24) is 10.6 Å². The lowest BCUT2D eigenvalue weighted by Gasteiger charge is -2.25. The van der Waals surface area contributed by atoms with Gasteiger partial charge in [0.2, 0.25) is 5.91 Å². The molecule has 0 bridgehead atoms. The van der Waals surface area contributed by atoms with E-state index in [0.29, 0.717) is 12.2 Å². The highest BCUT2D eigenvalue weighted by Crippen LogP contribution is 2.10. The minimum atomic E-state index is -0.968. The molecule has 6 nitrogen and oxygen atoms in total. The normalized spacial score (nSPS) is 15.7. The van der Waals surface area contributed by atoms with Crippen LogP contribution in [0.5, 0.6) is 0 Å². The molecule has 0 aromatic rings. The van der Waals surface area contributed by atoms with Crippen LogP contribution in [-0.2, 0) is 4.79 Å². The summed E-state index contributed by atoms with van der Waals surface area (Å²) in [6.07, 6.45) is 2.38. The topological polar surface area (TPSA) is 104 Å². The molecule has 3 amide bonds. The molecule has 0 aromatic heterocycles. The number of carbonyl (C=O) groups excluding carboxylic acids is 2. The lowest BCUT2D eigenvalue weighted by molar-refractivity contribution is -0.124. The Morgan fingerprint density at radius 2 is 2.00 bits per heavy atom. The Hall–Kier alpha value is -0.950. The van der Waals surface area contributed by atoms with E-state index in [1.54, 1.807) is 6.92 Å². The molecule has 0 aromatic carbocycles. The molecule has 0 heterocycles. The number of amides is 3. The zero-order valence-corrected chi connectivity index (χ0v) is 12.8. The summed E-state index contributed by atoms with van der Waals surface area (Å²) in [5, 5.41) is 15.0. The summed E-state index contributed by atoms with van der Waals surface area (Å²) in [5.74, 6) is 0.439. The van der Waals surface area contributed by atoms with Crippen molar-refractivity contribution >= 4 is 23.7 Å². The predicted octanol–water partition coefficient (Wildman–Crippen LogP) is 0.300. The maximum Gasteiger partial charge on any atom is 0.312 e. The van der Waals surface area contributed by atoms with Crippen molar-refractivity contribution in [3.8, 4) is 0 Å². The summed E-state index contributed by atoms with van der Waals surface area (Å²) in [6, 6.07) is -1.39. The molecule has 19 heavy (non-hydrogen) atoms. The van der Waals surface area contributed by atoms with Gasteiger partial charge in [0.05, 0.1) is 5.60 Å². The van der Waals surface area contributed by atoms with Crippen LogP contribution in [0.3, 0.4) is 0 Å². The van der Waals surface area contributed by atoms with E-state index in [9.17, 15) is 14.7 Å². The van der Waals surface area contributed by atoms with Crippen LogP contribution < -0.4 is 16.4 Å². The zero-order chi connectivity index (χ0) is 15.1. The Labute approximate surface area is 118 Å². The van der Waals surface area contributed by atoms with Crippen molar-refractivity contribution in [2.75, 3.05) is 18.6 Å². The number of nitrogens with two attached hydrogens (primary N) is 1. The molecule has 0 spiro atoms. The zero-order valence-electron chi connectivity index (χ0n) is 12.0. The van der Waals surface area contributed by atoms with Crippen LogP contribution in [-0.4, -0.2) is 47.2 Å². The fraction of sp³-hybridized carbons (Fsp3) is 0.833. The molecular formula is C12H25N3O3S. The van der Waals surface area contributed by atoms with Crippen LogP contribution in [0.25, 0.3) is 0 Å². The van der Waals surface area contributed by atoms with E-state index in [0.717, 1.165) is 0 Å². The van der Waals surface area contributed by atoms with Crippen LogP contribution in [0.2, 0.25) is 0 Å². The first-order chi connectivity index (χ1) is 8.68. The lowest BCUT2D eigenvalue weighted by Crippen LogP contribution is -2.52. The quantitative estimate of drug-likeness (QED) is 0.516. The Balaban J connectivity index is 4.43. The Bertz CT molecular complexity index is 309. The smallest absolute Gasteiger partial charge is 0.312 e. The van der Waals surface area contributed by atoms with E-state index in [1.165, 1.54) is 11.8 Å². The Morgan fingerprint density at radius 3 is 2.42 bits per heavy atom. The highest BCUT2D eigenvalue weighted by atomic mass is 32.2. The lowest BCUT2D eigenvalue weighted by atomic mass is 10.0. The summed E-state index contributed by atoms with van der Waals surface area (Å²) in [4.78, 5) is 22.8. The van der Waals surface area contributed by atoms with Gasteiger partial charge < -0.3 is 21.5 Å². The molecule has 7 heteroatoms. The average Bonchev–Trinajstić information content (AvgIpc) is 2.23. The van der Waals surface area contributed by atoms with Crippen molar-refractivity contribution in [3.63, 3.8) is 0 Å². The van der Waals surface area contributed by atoms with E-state index < -0.39 is 17.7 Å². The molecule has 0 saturated heterocycles. The van der Waals surface area contributed by atoms with Gasteiger partial charge in [-0.25, -0.2) is 4.79 Å². The summed E-state index contributed by atoms with van der Waals surface area (Å²) >= 11 is 1.50. The van der Waals surface area contributed by atoms with E-state index >= 15 is 0 Å². The van der Waals surface area contributed by atoms with E-state index in [1.807, 2.05) is 20.1 Å². The molecule has 112 valence electrons. The van der Waals surface area contributed by atoms with Gasteiger partial charge in [-0.2, -0.15) is 11.8 Å². The van der Waals surface area contributed by atoms with Crippen LogP contribution >= 0.6 is 11.8 Å². The fourth-order valence-corrected chi connectivity index (χ4v) is 2.36. The summed E-state index contributed by atoms with van der Waals surface area (Å²) < 4.78 is 0. The first kappa shape index (κ1) is 18.0. The molecule has 2 atom stereocenters. The minimum absolute atomic E-state index is 0.141. The van der Waals surface area contributed by atoms with Crippen molar-refractivity contribution in [2.24, 2.45) is 11.7 Å². The van der Waals surface area contributed by atoms with Gasteiger partial charge in [0.25, 0.3) is 0 Å². The second kappa shape index (κ2) is 8.27. The molecule has 2 unspecified atom stereocenters. The van der Waals surface area contributed by atoms with Gasteiger partial charge in [0.15, 0.2) is 0 Å². The molecule has 0 aliphatic carbocycles. The van der Waals surface area contributed by atoms with Gasteiger partial charge in [0.1, 0.15) is 6.04 Å². The number of nitrogens with one attached hydrogen (secondary N) is 2. The van der Waals surface area contributed by atoms with Crippen molar-refractivity contribution < 1.29 is 14.7 Å². The first-order valence-electron chi connectivity index (χ1n) is 6.23. The van der Waals surface area contributed by atoms with E-state index in [-0.39, 0.29) is 18.4 Å². The SMILES string of the molecule is CSCC(C)(O)CNC(=O)C(CC(C)C)NC(N)=O. The van der Waals surface area contributed by atoms with E-state index in [4.69, 9.17) is 5.73 Å². The van der Waals surface area contributed by atoms with Gasteiger partial charge >= 0.3 is 6.03 Å². The third-order valence-corrected chi connectivity index (χ3v) is 3.35. The number of hydrogen-bond donors (Lipinski definition) is 4. The fourth-order valence-electron chi connectivity index (χ4n) is 1.64. The molecule has 0 radical (unpaired) electrons. The van der Waals surface area contributed by atoms with Crippen LogP contribution in [0.4, 0.5) is 4.79 Å². The van der Waals surface area contributed by atoms with Crippen LogP contribution in [0.15, 0.2) is 0 Å². The molecule has 5 N–H and O–H groups in total. The van der Waals surface area contributed by atoms with Gasteiger partial charge in [0, 0.05) is 12.3 Å². The number of hydrogen-bond acceptors (Lipinski definition) is 4. The van der Waals surface area contributed by atoms with Crippen molar-refractivity contribution in [1.29, 1.82) is 0 Å². The van der Waals surface area contributed by atoms with Gasteiger partial charge in [-0.05, 0) is 25.5 Å². The summed E-state index contributed by atoms with van der Waals surface area (Å²) in [7, 11) is 0. The Morgan fingerprint density at radius 1 is 1.42 bits per heavy atom. The third kappa shape index (κ3) is 8.72. The molecule has 0 aliphatic rings. The predicted molar refractivity (Wildman–Crippen MR) is 78.0 cm³/mol. The van der Waals surface area contributed by atoms with Gasteiger partial charge in [-0.3, -0.25) is 4.79 Å². The maximum atomic E-state index is 12.0. The number of urea groups is 1. The maximum absolute atomic E-state index is 12.0. The first-order valence-corrected chi connectivity index (χ1v) is 7.62. The number of primary amides is 1. The van der Waals surface area contributed by atoms with Gasteiger partial charge in [-0.1, -0.05) is 13.8 Å². The average molecular weight is 291 g/mol. The molecular weight excluding hydrogens is 266 g/mol. The summed E-state index contributed by atoms with van der Waals surface area (Å²) in [6.45, 7) is 5.70. The second-order valence-electron chi connectivity index (χ2n) is 5.34. The highest BCUT2D eigenvalue weighted by molar-refractivity contribution is 7.98. The largest absolute Gasteiger partial charge is 0.387 e. The number of aliphatic hydroxyl groups is 1. The van der Waals surface area contributed by atoms with E-state index in [2.05, 4.69) is 10.6 Å². The monoisotopic (exact) mass is 291 g/mol. The highest BCUT2D eigenvalue weighted by Gasteiger charge is 2.25. The number of rotatable bonds is 8. The standard InChI is InChI=1S/C12H25N3O3S/c1-8(2)5-9(15-11(13)17)10(16)14-6-12(3,18)7-19-4/h8-9,18H,5-7H2,1-4H3,(H,14,16)(H3,13,15,17). The van der Waals surface area contributed by atoms with Gasteiger partial charge in [-0.15, -0.1) is 0 Å². The Kier molecular flexibility index (Phi) is 7.85. The summed E-state index contributed by atoms with van der Waals surface area (Å²) in [5.41, 5.74) is 4.09.